The van der Waals surface area contributed by atoms with E-state index in [9.17, 15) is 4.79 Å². The van der Waals surface area contributed by atoms with Gasteiger partial charge in [-0.3, -0.25) is 9.36 Å². The number of benzene rings is 2. The average molecular weight is 376 g/mol. The van der Waals surface area contributed by atoms with Gasteiger partial charge in [0.2, 0.25) is 5.82 Å². The number of nitrogens with zero attached hydrogens (tertiary/aromatic N) is 3. The Hall–Kier alpha value is -3.32. The average Bonchev–Trinajstić information content (AvgIpc) is 3.36. The van der Waals surface area contributed by atoms with Crippen molar-refractivity contribution in [3.63, 3.8) is 0 Å². The molecule has 2 aromatic carbocycles. The number of ketones is 1. The highest BCUT2D eigenvalue weighted by Gasteiger charge is 2.19. The van der Waals surface area contributed by atoms with E-state index in [4.69, 9.17) is 10.2 Å². The Labute approximate surface area is 160 Å². The number of aromatic nitrogens is 3. The van der Waals surface area contributed by atoms with E-state index < -0.39 is 0 Å². The summed E-state index contributed by atoms with van der Waals surface area (Å²) in [6.45, 7) is 0. The van der Waals surface area contributed by atoms with Gasteiger partial charge in [0.05, 0.1) is 12.0 Å². The molecule has 6 nitrogen and oxygen atoms in total. The Bertz CT molecular complexity index is 1060. The van der Waals surface area contributed by atoms with Crippen LogP contribution in [0.1, 0.15) is 10.4 Å². The Morgan fingerprint density at radius 1 is 1.00 bits per heavy atom. The van der Waals surface area contributed by atoms with Crippen LogP contribution in [0.2, 0.25) is 0 Å². The van der Waals surface area contributed by atoms with E-state index in [1.54, 1.807) is 36.6 Å². The molecule has 0 radical (unpaired) electrons. The second-order valence-electron chi connectivity index (χ2n) is 5.75. The van der Waals surface area contributed by atoms with Crippen LogP contribution in [0.5, 0.6) is 0 Å². The molecule has 0 amide bonds. The van der Waals surface area contributed by atoms with Crippen LogP contribution in [0.25, 0.3) is 17.3 Å². The summed E-state index contributed by atoms with van der Waals surface area (Å²) in [7, 11) is 0. The number of thioether (sulfide) groups is 1. The van der Waals surface area contributed by atoms with E-state index in [1.807, 2.05) is 41.0 Å². The minimum absolute atomic E-state index is 0.0553. The third-order valence-electron chi connectivity index (χ3n) is 3.98. The van der Waals surface area contributed by atoms with E-state index in [2.05, 4.69) is 10.2 Å². The topological polar surface area (TPSA) is 86.9 Å². The summed E-state index contributed by atoms with van der Waals surface area (Å²) in [4.78, 5) is 12.5. The fourth-order valence-corrected chi connectivity index (χ4v) is 3.53. The quantitative estimate of drug-likeness (QED) is 0.310. The first-order valence-corrected chi connectivity index (χ1v) is 9.28. The Morgan fingerprint density at radius 3 is 2.52 bits per heavy atom. The molecule has 4 aromatic rings. The van der Waals surface area contributed by atoms with Gasteiger partial charge < -0.3 is 10.2 Å². The van der Waals surface area contributed by atoms with Gasteiger partial charge in [-0.2, -0.15) is 0 Å². The third kappa shape index (κ3) is 3.50. The number of anilines is 1. The van der Waals surface area contributed by atoms with Crippen molar-refractivity contribution in [1.82, 2.24) is 14.8 Å². The van der Waals surface area contributed by atoms with Crippen molar-refractivity contribution < 1.29 is 9.21 Å². The maximum Gasteiger partial charge on any atom is 0.205 e. The molecule has 27 heavy (non-hydrogen) atoms. The summed E-state index contributed by atoms with van der Waals surface area (Å²) in [6, 6.07) is 20.4. The molecule has 0 saturated carbocycles. The fourth-order valence-electron chi connectivity index (χ4n) is 2.70. The molecule has 4 rings (SSSR count). The van der Waals surface area contributed by atoms with Crippen molar-refractivity contribution in [1.29, 1.82) is 0 Å². The number of hydrogen-bond donors (Lipinski definition) is 1. The van der Waals surface area contributed by atoms with Gasteiger partial charge >= 0.3 is 0 Å². The lowest BCUT2D eigenvalue weighted by atomic mass is 10.1. The summed E-state index contributed by atoms with van der Waals surface area (Å²) in [5.74, 6) is 1.34. The molecular formula is C20H16N4O2S. The van der Waals surface area contributed by atoms with Gasteiger partial charge in [-0.05, 0) is 36.4 Å². The smallest absolute Gasteiger partial charge is 0.205 e. The molecule has 0 aliphatic heterocycles. The molecular weight excluding hydrogens is 360 g/mol. The van der Waals surface area contributed by atoms with Crippen LogP contribution >= 0.6 is 11.8 Å². The van der Waals surface area contributed by atoms with Crippen LogP contribution < -0.4 is 5.73 Å². The van der Waals surface area contributed by atoms with Gasteiger partial charge in [0, 0.05) is 16.9 Å². The van der Waals surface area contributed by atoms with E-state index >= 15 is 0 Å². The minimum Gasteiger partial charge on any atom is -0.461 e. The Kier molecular flexibility index (Phi) is 4.76. The zero-order valence-electron chi connectivity index (χ0n) is 14.3. The first-order valence-electron chi connectivity index (χ1n) is 8.29. The maximum absolute atomic E-state index is 12.5. The zero-order valence-corrected chi connectivity index (χ0v) is 15.1. The van der Waals surface area contributed by atoms with Gasteiger partial charge in [-0.1, -0.05) is 42.1 Å². The summed E-state index contributed by atoms with van der Waals surface area (Å²) >= 11 is 1.31. The molecule has 134 valence electrons. The fraction of sp³-hybridized carbons (Fsp3) is 0.0500. The van der Waals surface area contributed by atoms with Gasteiger partial charge in [0.1, 0.15) is 0 Å². The monoisotopic (exact) mass is 376 g/mol. The van der Waals surface area contributed by atoms with E-state index in [0.29, 0.717) is 28.0 Å². The van der Waals surface area contributed by atoms with Gasteiger partial charge in [-0.15, -0.1) is 10.2 Å². The molecule has 2 heterocycles. The van der Waals surface area contributed by atoms with Crippen LogP contribution in [0.3, 0.4) is 0 Å². The number of nitrogen functional groups attached to an aromatic ring is 1. The lowest BCUT2D eigenvalue weighted by Crippen LogP contribution is -2.07. The molecule has 7 heteroatoms. The second kappa shape index (κ2) is 7.51. The predicted molar refractivity (Wildman–Crippen MR) is 105 cm³/mol. The van der Waals surface area contributed by atoms with Crippen molar-refractivity contribution in [2.75, 3.05) is 11.5 Å². The largest absolute Gasteiger partial charge is 0.461 e. The van der Waals surface area contributed by atoms with Crippen LogP contribution in [0.4, 0.5) is 5.69 Å². The molecule has 0 saturated heterocycles. The van der Waals surface area contributed by atoms with Crippen LogP contribution in [0, 0.1) is 0 Å². The maximum atomic E-state index is 12.5. The summed E-state index contributed by atoms with van der Waals surface area (Å²) < 4.78 is 7.37. The van der Waals surface area contributed by atoms with Crippen LogP contribution in [-0.4, -0.2) is 26.3 Å². The number of furan rings is 1. The van der Waals surface area contributed by atoms with Crippen LogP contribution in [-0.2, 0) is 0 Å². The Morgan fingerprint density at radius 2 is 1.78 bits per heavy atom. The van der Waals surface area contributed by atoms with Gasteiger partial charge in [0.25, 0.3) is 0 Å². The lowest BCUT2D eigenvalue weighted by Gasteiger charge is -2.09. The molecule has 2 N–H and O–H groups in total. The van der Waals surface area contributed by atoms with Crippen molar-refractivity contribution >= 4 is 23.2 Å². The highest BCUT2D eigenvalue weighted by atomic mass is 32.2. The van der Waals surface area contributed by atoms with Crippen LogP contribution in [0.15, 0.2) is 82.6 Å². The SMILES string of the molecule is Nc1ccccc1C(=O)CSc1nnc(-c2ccco2)n1-c1ccccc1. The standard InChI is InChI=1S/C20H16N4O2S/c21-16-10-5-4-9-15(16)17(25)13-27-20-23-22-19(18-11-6-12-26-18)24(20)14-7-2-1-3-8-14/h1-12H,13,21H2. The number of Topliss-reactive ketones (excluding diaryl/α,β-unsaturated/α-hetero) is 1. The van der Waals surface area contributed by atoms with Crippen molar-refractivity contribution in [2.45, 2.75) is 5.16 Å². The molecule has 0 aliphatic carbocycles. The molecule has 0 spiro atoms. The van der Waals surface area contributed by atoms with Gasteiger partial charge in [-0.25, -0.2) is 0 Å². The molecule has 2 aromatic heterocycles. The molecule has 0 atom stereocenters. The molecule has 0 aliphatic rings. The highest BCUT2D eigenvalue weighted by Crippen LogP contribution is 2.28. The van der Waals surface area contributed by atoms with Gasteiger partial charge in [0.15, 0.2) is 16.7 Å². The minimum atomic E-state index is -0.0553. The molecule has 0 fully saturated rings. The Balaban J connectivity index is 1.65. The number of para-hydroxylation sites is 2. The first-order chi connectivity index (χ1) is 13.2. The second-order valence-corrected chi connectivity index (χ2v) is 6.70. The van der Waals surface area contributed by atoms with E-state index in [1.165, 1.54) is 11.8 Å². The predicted octanol–water partition coefficient (Wildman–Crippen LogP) is 4.08. The normalized spacial score (nSPS) is 10.8. The summed E-state index contributed by atoms with van der Waals surface area (Å²) in [6.07, 6.45) is 1.59. The van der Waals surface area contributed by atoms with Crippen molar-refractivity contribution in [3.8, 4) is 17.3 Å². The number of hydrogen-bond acceptors (Lipinski definition) is 6. The lowest BCUT2D eigenvalue weighted by molar-refractivity contribution is 0.102. The highest BCUT2D eigenvalue weighted by molar-refractivity contribution is 7.99. The zero-order chi connectivity index (χ0) is 18.6. The van der Waals surface area contributed by atoms with Crippen molar-refractivity contribution in [3.05, 3.63) is 78.6 Å². The first kappa shape index (κ1) is 17.1. The van der Waals surface area contributed by atoms with Crippen molar-refractivity contribution in [2.24, 2.45) is 0 Å². The number of nitrogens with two attached hydrogens (primary N) is 1. The summed E-state index contributed by atoms with van der Waals surface area (Å²) in [5.41, 5.74) is 7.79. The molecule has 0 bridgehead atoms. The van der Waals surface area contributed by atoms with E-state index in [0.717, 1.165) is 5.69 Å². The number of carbonyl (C=O) groups excluding carboxylic acids is 1. The number of carbonyl (C=O) groups is 1. The summed E-state index contributed by atoms with van der Waals surface area (Å²) in [5, 5.41) is 9.14. The van der Waals surface area contributed by atoms with E-state index in [-0.39, 0.29) is 11.5 Å². The third-order valence-corrected chi connectivity index (χ3v) is 4.91. The number of rotatable bonds is 6. The molecule has 0 unspecified atom stereocenters.